The highest BCUT2D eigenvalue weighted by molar-refractivity contribution is 5.08. The fraction of sp³-hybridized carbons (Fsp3) is 1.00. The SMILES string of the molecule is C[C@H]1CC[C@]2(C)CC[C@@H]3[C@H](CC[C@@H]4C[C@@H](O)CC[C@]43C)[C@@H]12. The molecule has 1 N–H and O–H groups in total. The van der Waals surface area contributed by atoms with Crippen LogP contribution in [0.15, 0.2) is 0 Å². The van der Waals surface area contributed by atoms with Gasteiger partial charge in [0.15, 0.2) is 0 Å². The summed E-state index contributed by atoms with van der Waals surface area (Å²) in [5.41, 5.74) is 1.21. The van der Waals surface area contributed by atoms with E-state index in [1.807, 2.05) is 0 Å². The van der Waals surface area contributed by atoms with Crippen LogP contribution >= 0.6 is 0 Å². The summed E-state index contributed by atoms with van der Waals surface area (Å²) >= 11 is 0. The summed E-state index contributed by atoms with van der Waals surface area (Å²) in [6.45, 7) is 7.75. The van der Waals surface area contributed by atoms with Gasteiger partial charge in [0.05, 0.1) is 6.10 Å². The lowest BCUT2D eigenvalue weighted by Gasteiger charge is -2.61. The zero-order valence-electron chi connectivity index (χ0n) is 14.3. The van der Waals surface area contributed by atoms with E-state index in [9.17, 15) is 5.11 Å². The lowest BCUT2D eigenvalue weighted by atomic mass is 9.44. The largest absolute Gasteiger partial charge is 0.393 e. The van der Waals surface area contributed by atoms with Crippen LogP contribution in [0.25, 0.3) is 0 Å². The smallest absolute Gasteiger partial charge is 0.0543 e. The zero-order chi connectivity index (χ0) is 14.8. The van der Waals surface area contributed by atoms with E-state index in [2.05, 4.69) is 20.8 Å². The topological polar surface area (TPSA) is 20.2 Å². The summed E-state index contributed by atoms with van der Waals surface area (Å²) in [5, 5.41) is 10.1. The molecule has 0 radical (unpaired) electrons. The van der Waals surface area contributed by atoms with Crippen molar-refractivity contribution < 1.29 is 5.11 Å². The van der Waals surface area contributed by atoms with E-state index in [0.29, 0.717) is 10.8 Å². The monoisotopic (exact) mass is 290 g/mol. The zero-order valence-corrected chi connectivity index (χ0v) is 14.3. The third kappa shape index (κ3) is 1.98. The molecular weight excluding hydrogens is 256 g/mol. The molecule has 0 aromatic rings. The molecule has 0 amide bonds. The molecule has 4 saturated carbocycles. The van der Waals surface area contributed by atoms with E-state index < -0.39 is 0 Å². The molecule has 21 heavy (non-hydrogen) atoms. The Morgan fingerprint density at radius 1 is 0.905 bits per heavy atom. The lowest BCUT2D eigenvalue weighted by Crippen LogP contribution is -2.53. The quantitative estimate of drug-likeness (QED) is 0.663. The van der Waals surface area contributed by atoms with Crippen molar-refractivity contribution in [1.82, 2.24) is 0 Å². The number of aliphatic hydroxyl groups excluding tert-OH is 1. The van der Waals surface area contributed by atoms with Crippen LogP contribution in [0, 0.1) is 40.4 Å². The minimum Gasteiger partial charge on any atom is -0.393 e. The first-order valence-electron chi connectivity index (χ1n) is 9.62. The molecule has 0 spiro atoms. The van der Waals surface area contributed by atoms with Crippen LogP contribution in [0.5, 0.6) is 0 Å². The van der Waals surface area contributed by atoms with Crippen molar-refractivity contribution in [1.29, 1.82) is 0 Å². The van der Waals surface area contributed by atoms with Crippen molar-refractivity contribution in [3.8, 4) is 0 Å². The van der Waals surface area contributed by atoms with Crippen molar-refractivity contribution in [2.24, 2.45) is 40.4 Å². The van der Waals surface area contributed by atoms with Crippen molar-refractivity contribution in [3.05, 3.63) is 0 Å². The van der Waals surface area contributed by atoms with Gasteiger partial charge in [-0.15, -0.1) is 0 Å². The molecule has 1 nitrogen and oxygen atoms in total. The molecule has 0 bridgehead atoms. The normalized spacial score (nSPS) is 60.0. The van der Waals surface area contributed by atoms with Crippen molar-refractivity contribution >= 4 is 0 Å². The first kappa shape index (κ1) is 14.5. The van der Waals surface area contributed by atoms with Gasteiger partial charge in [0.25, 0.3) is 0 Å². The van der Waals surface area contributed by atoms with E-state index in [0.717, 1.165) is 42.4 Å². The Hall–Kier alpha value is -0.0400. The molecule has 0 heterocycles. The number of aliphatic hydroxyl groups is 1. The van der Waals surface area contributed by atoms with Gasteiger partial charge in [0, 0.05) is 0 Å². The molecule has 0 aromatic carbocycles. The Morgan fingerprint density at radius 3 is 2.48 bits per heavy atom. The van der Waals surface area contributed by atoms with Crippen molar-refractivity contribution in [3.63, 3.8) is 0 Å². The fourth-order valence-corrected chi connectivity index (χ4v) is 7.70. The van der Waals surface area contributed by atoms with Crippen LogP contribution in [0.4, 0.5) is 0 Å². The third-order valence-electron chi connectivity index (χ3n) is 8.79. The van der Waals surface area contributed by atoms with Crippen LogP contribution in [0.1, 0.15) is 78.6 Å². The maximum Gasteiger partial charge on any atom is 0.0543 e. The van der Waals surface area contributed by atoms with Gasteiger partial charge >= 0.3 is 0 Å². The van der Waals surface area contributed by atoms with Gasteiger partial charge in [-0.2, -0.15) is 0 Å². The van der Waals surface area contributed by atoms with E-state index in [-0.39, 0.29) is 6.10 Å². The van der Waals surface area contributed by atoms with Crippen LogP contribution in [0.2, 0.25) is 0 Å². The Kier molecular flexibility index (Phi) is 3.27. The first-order chi connectivity index (χ1) is 9.94. The van der Waals surface area contributed by atoms with E-state index in [1.54, 1.807) is 0 Å². The lowest BCUT2D eigenvalue weighted by molar-refractivity contribution is -0.126. The van der Waals surface area contributed by atoms with Crippen molar-refractivity contribution in [2.45, 2.75) is 84.7 Å². The molecule has 0 aliphatic heterocycles. The molecule has 4 fully saturated rings. The van der Waals surface area contributed by atoms with Gasteiger partial charge in [0.2, 0.25) is 0 Å². The molecule has 0 aromatic heterocycles. The molecule has 8 atom stereocenters. The third-order valence-corrected chi connectivity index (χ3v) is 8.79. The fourth-order valence-electron chi connectivity index (χ4n) is 7.70. The maximum atomic E-state index is 10.1. The highest BCUT2D eigenvalue weighted by Gasteiger charge is 2.59. The summed E-state index contributed by atoms with van der Waals surface area (Å²) in [4.78, 5) is 0. The highest BCUT2D eigenvalue weighted by atomic mass is 16.3. The van der Waals surface area contributed by atoms with Gasteiger partial charge in [-0.05, 0) is 98.2 Å². The molecule has 4 rings (SSSR count). The molecule has 0 unspecified atom stereocenters. The van der Waals surface area contributed by atoms with Crippen LogP contribution in [-0.2, 0) is 0 Å². The summed E-state index contributed by atoms with van der Waals surface area (Å²) in [7, 11) is 0. The molecule has 1 heteroatoms. The molecule has 0 saturated heterocycles. The van der Waals surface area contributed by atoms with E-state index >= 15 is 0 Å². The minimum absolute atomic E-state index is 0.00103. The van der Waals surface area contributed by atoms with Gasteiger partial charge in [-0.25, -0.2) is 0 Å². The second kappa shape index (κ2) is 4.73. The number of fused-ring (bicyclic) bond motifs is 5. The average Bonchev–Trinajstić information content (AvgIpc) is 2.76. The summed E-state index contributed by atoms with van der Waals surface area (Å²) in [5.74, 6) is 4.72. The maximum absolute atomic E-state index is 10.1. The van der Waals surface area contributed by atoms with Crippen LogP contribution in [-0.4, -0.2) is 11.2 Å². The van der Waals surface area contributed by atoms with Gasteiger partial charge in [-0.3, -0.25) is 0 Å². The predicted octanol–water partition coefficient (Wildman–Crippen LogP) is 5.03. The van der Waals surface area contributed by atoms with Crippen LogP contribution < -0.4 is 0 Å². The molecule has 120 valence electrons. The highest BCUT2D eigenvalue weighted by Crippen LogP contribution is 2.67. The van der Waals surface area contributed by atoms with Gasteiger partial charge in [0.1, 0.15) is 0 Å². The second-order valence-electron chi connectivity index (χ2n) is 9.71. The van der Waals surface area contributed by atoms with E-state index in [4.69, 9.17) is 0 Å². The Balaban J connectivity index is 1.64. The average molecular weight is 290 g/mol. The van der Waals surface area contributed by atoms with Crippen LogP contribution in [0.3, 0.4) is 0 Å². The summed E-state index contributed by atoms with van der Waals surface area (Å²) in [6.07, 6.45) is 12.2. The predicted molar refractivity (Wildman–Crippen MR) is 86.9 cm³/mol. The second-order valence-corrected chi connectivity index (χ2v) is 9.71. The summed E-state index contributed by atoms with van der Waals surface area (Å²) in [6, 6.07) is 0. The Labute approximate surface area is 130 Å². The number of rotatable bonds is 0. The number of hydrogen-bond donors (Lipinski definition) is 1. The van der Waals surface area contributed by atoms with Gasteiger partial charge < -0.3 is 5.11 Å². The first-order valence-corrected chi connectivity index (χ1v) is 9.62. The Morgan fingerprint density at radius 2 is 1.67 bits per heavy atom. The minimum atomic E-state index is -0.00103. The molecule has 4 aliphatic carbocycles. The number of hydrogen-bond acceptors (Lipinski definition) is 1. The molecule has 4 aliphatic rings. The Bertz CT molecular complexity index is 418. The standard InChI is InChI=1S/C20H34O/c1-13-6-9-19(2)10-8-17-16(18(13)19)5-4-14-12-15(21)7-11-20(14,17)3/h13-18,21H,4-12H2,1-3H3/t13-,14+,15-,16-,17+,18+,19+,20+/m0/s1. The summed E-state index contributed by atoms with van der Waals surface area (Å²) < 4.78 is 0. The van der Waals surface area contributed by atoms with E-state index in [1.165, 1.54) is 44.9 Å². The molecular formula is C20H34O. The van der Waals surface area contributed by atoms with Crippen molar-refractivity contribution in [2.75, 3.05) is 0 Å². The van der Waals surface area contributed by atoms with Gasteiger partial charge in [-0.1, -0.05) is 20.8 Å².